The van der Waals surface area contributed by atoms with Crippen molar-refractivity contribution in [1.29, 1.82) is 5.26 Å². The minimum absolute atomic E-state index is 0.0887. The van der Waals surface area contributed by atoms with Crippen LogP contribution in [0.2, 0.25) is 0 Å². The van der Waals surface area contributed by atoms with Gasteiger partial charge in [-0.2, -0.15) is 5.26 Å². The Morgan fingerprint density at radius 2 is 2.05 bits per heavy atom. The van der Waals surface area contributed by atoms with Gasteiger partial charge < -0.3 is 5.73 Å². The molecule has 0 saturated carbocycles. The summed E-state index contributed by atoms with van der Waals surface area (Å²) in [6.45, 7) is 1.68. The van der Waals surface area contributed by atoms with Crippen LogP contribution in [0.5, 0.6) is 0 Å². The van der Waals surface area contributed by atoms with Crippen LogP contribution in [0.3, 0.4) is 0 Å². The minimum atomic E-state index is -3.71. The Labute approximate surface area is 116 Å². The molecule has 1 aromatic carbocycles. The van der Waals surface area contributed by atoms with E-state index in [4.69, 9.17) is 11.0 Å². The van der Waals surface area contributed by atoms with E-state index in [0.29, 0.717) is 22.6 Å². The van der Waals surface area contributed by atoms with Crippen molar-refractivity contribution < 1.29 is 8.42 Å². The smallest absolute Gasteiger partial charge is 0.261 e. The molecular formula is C13H12N4O2S. The van der Waals surface area contributed by atoms with Gasteiger partial charge in [0, 0.05) is 0 Å². The number of nitriles is 1. The molecule has 2 aromatic rings. The molecule has 1 aromatic heterocycles. The summed E-state index contributed by atoms with van der Waals surface area (Å²) in [5.41, 5.74) is 6.80. The van der Waals surface area contributed by atoms with Gasteiger partial charge in [-0.1, -0.05) is 0 Å². The number of hydrogen-bond acceptors (Lipinski definition) is 5. The van der Waals surface area contributed by atoms with E-state index in [0.717, 1.165) is 0 Å². The summed E-state index contributed by atoms with van der Waals surface area (Å²) in [5.74, 6) is 0.308. The maximum atomic E-state index is 12.2. The van der Waals surface area contributed by atoms with E-state index >= 15 is 0 Å². The van der Waals surface area contributed by atoms with Crippen molar-refractivity contribution in [2.24, 2.45) is 0 Å². The third kappa shape index (κ3) is 2.87. The summed E-state index contributed by atoms with van der Waals surface area (Å²) >= 11 is 0. The first-order chi connectivity index (χ1) is 9.42. The second kappa shape index (κ2) is 5.19. The monoisotopic (exact) mass is 288 g/mol. The molecule has 0 amide bonds. The highest BCUT2D eigenvalue weighted by Gasteiger charge is 2.15. The first kappa shape index (κ1) is 13.8. The number of nitrogens with zero attached hydrogens (tertiary/aromatic N) is 2. The van der Waals surface area contributed by atoms with Gasteiger partial charge in [-0.25, -0.2) is 13.4 Å². The Morgan fingerprint density at radius 1 is 1.30 bits per heavy atom. The summed E-state index contributed by atoms with van der Waals surface area (Å²) < 4.78 is 26.8. The molecule has 3 N–H and O–H groups in total. The number of rotatable bonds is 3. The Kier molecular flexibility index (Phi) is 3.59. The van der Waals surface area contributed by atoms with Gasteiger partial charge in [0.05, 0.1) is 28.4 Å². The van der Waals surface area contributed by atoms with Gasteiger partial charge in [0.15, 0.2) is 0 Å². The lowest BCUT2D eigenvalue weighted by Gasteiger charge is -2.09. The Balaban J connectivity index is 2.33. The standard InChI is InChI=1S/C13H12N4O2S/c1-9-6-12(4-2-10(9)7-14)20(18,19)17-11-3-5-13(15)16-8-11/h2-6,8,17H,1H3,(H2,15,16). The fourth-order valence-corrected chi connectivity index (χ4v) is 2.74. The van der Waals surface area contributed by atoms with Crippen LogP contribution >= 0.6 is 0 Å². The number of nitrogens with one attached hydrogen (secondary N) is 1. The molecule has 0 spiro atoms. The fourth-order valence-electron chi connectivity index (χ4n) is 1.61. The Hall–Kier alpha value is -2.59. The SMILES string of the molecule is Cc1cc(S(=O)(=O)Nc2ccc(N)nc2)ccc1C#N. The zero-order valence-electron chi connectivity index (χ0n) is 10.7. The molecule has 0 aliphatic carbocycles. The summed E-state index contributed by atoms with van der Waals surface area (Å²) in [5, 5.41) is 8.84. The lowest BCUT2D eigenvalue weighted by molar-refractivity contribution is 0.601. The predicted molar refractivity (Wildman–Crippen MR) is 75.4 cm³/mol. The molecule has 1 heterocycles. The van der Waals surface area contributed by atoms with Crippen LogP contribution in [0.4, 0.5) is 11.5 Å². The summed E-state index contributed by atoms with van der Waals surface area (Å²) in [4.78, 5) is 3.90. The molecular weight excluding hydrogens is 276 g/mol. The van der Waals surface area contributed by atoms with Gasteiger partial charge in [-0.15, -0.1) is 0 Å². The molecule has 20 heavy (non-hydrogen) atoms. The van der Waals surface area contributed by atoms with Gasteiger partial charge in [0.1, 0.15) is 5.82 Å². The maximum absolute atomic E-state index is 12.2. The highest BCUT2D eigenvalue weighted by Crippen LogP contribution is 2.18. The maximum Gasteiger partial charge on any atom is 0.261 e. The number of pyridine rings is 1. The summed E-state index contributed by atoms with van der Waals surface area (Å²) in [7, 11) is -3.71. The van der Waals surface area contributed by atoms with E-state index < -0.39 is 10.0 Å². The molecule has 0 unspecified atom stereocenters. The first-order valence-corrected chi connectivity index (χ1v) is 7.16. The number of aromatic nitrogens is 1. The van der Waals surface area contributed by atoms with E-state index in [1.807, 2.05) is 6.07 Å². The number of benzene rings is 1. The van der Waals surface area contributed by atoms with Crippen LogP contribution < -0.4 is 10.5 Å². The third-order valence-corrected chi connectivity index (χ3v) is 4.05. The van der Waals surface area contributed by atoms with Crippen LogP contribution in [-0.2, 0) is 10.0 Å². The van der Waals surface area contributed by atoms with E-state index in [1.165, 1.54) is 36.5 Å². The normalized spacial score (nSPS) is 10.8. The average molecular weight is 288 g/mol. The van der Waals surface area contributed by atoms with Crippen molar-refractivity contribution in [3.8, 4) is 6.07 Å². The second-order valence-corrected chi connectivity index (χ2v) is 5.85. The predicted octanol–water partition coefficient (Wildman–Crippen LogP) is 1.64. The molecule has 0 aliphatic rings. The molecule has 6 nitrogen and oxygen atoms in total. The largest absolute Gasteiger partial charge is 0.384 e. The van der Waals surface area contributed by atoms with Crippen molar-refractivity contribution in [2.45, 2.75) is 11.8 Å². The lowest BCUT2D eigenvalue weighted by Crippen LogP contribution is -2.13. The van der Waals surface area contributed by atoms with Crippen LogP contribution in [0.15, 0.2) is 41.4 Å². The molecule has 0 atom stereocenters. The topological polar surface area (TPSA) is 109 Å². The van der Waals surface area contributed by atoms with Gasteiger partial charge in [0.25, 0.3) is 10.0 Å². The van der Waals surface area contributed by atoms with Gasteiger partial charge in [0.2, 0.25) is 0 Å². The van der Waals surface area contributed by atoms with Crippen molar-refractivity contribution >= 4 is 21.5 Å². The molecule has 7 heteroatoms. The van der Waals surface area contributed by atoms with Crippen molar-refractivity contribution in [2.75, 3.05) is 10.5 Å². The number of aryl methyl sites for hydroxylation is 1. The van der Waals surface area contributed by atoms with Gasteiger partial charge in [-0.3, -0.25) is 4.72 Å². The zero-order valence-corrected chi connectivity index (χ0v) is 11.5. The second-order valence-electron chi connectivity index (χ2n) is 4.17. The molecule has 0 saturated heterocycles. The van der Waals surface area contributed by atoms with Crippen LogP contribution in [0.25, 0.3) is 0 Å². The van der Waals surface area contributed by atoms with Gasteiger partial charge in [-0.05, 0) is 42.8 Å². The summed E-state index contributed by atoms with van der Waals surface area (Å²) in [6, 6.07) is 9.33. The number of nitrogen functional groups attached to an aromatic ring is 1. The molecule has 0 bridgehead atoms. The molecule has 2 rings (SSSR count). The number of hydrogen-bond donors (Lipinski definition) is 2. The number of nitrogens with two attached hydrogens (primary N) is 1. The van der Waals surface area contributed by atoms with Crippen LogP contribution in [0, 0.1) is 18.3 Å². The highest BCUT2D eigenvalue weighted by atomic mass is 32.2. The van der Waals surface area contributed by atoms with E-state index in [2.05, 4.69) is 9.71 Å². The molecule has 0 radical (unpaired) electrons. The summed E-state index contributed by atoms with van der Waals surface area (Å²) in [6.07, 6.45) is 1.34. The Bertz CT molecular complexity index is 777. The average Bonchev–Trinajstić information content (AvgIpc) is 2.41. The van der Waals surface area contributed by atoms with Crippen LogP contribution in [0.1, 0.15) is 11.1 Å². The van der Waals surface area contributed by atoms with E-state index in [9.17, 15) is 8.42 Å². The molecule has 0 fully saturated rings. The minimum Gasteiger partial charge on any atom is -0.384 e. The number of sulfonamides is 1. The Morgan fingerprint density at radius 3 is 2.60 bits per heavy atom. The quantitative estimate of drug-likeness (QED) is 0.892. The first-order valence-electron chi connectivity index (χ1n) is 5.67. The molecule has 102 valence electrons. The molecule has 0 aliphatic heterocycles. The van der Waals surface area contributed by atoms with Crippen molar-refractivity contribution in [1.82, 2.24) is 4.98 Å². The van der Waals surface area contributed by atoms with E-state index in [-0.39, 0.29) is 4.90 Å². The van der Waals surface area contributed by atoms with Crippen molar-refractivity contribution in [3.05, 3.63) is 47.7 Å². The fraction of sp³-hybridized carbons (Fsp3) is 0.0769. The lowest BCUT2D eigenvalue weighted by atomic mass is 10.1. The van der Waals surface area contributed by atoms with Crippen LogP contribution in [-0.4, -0.2) is 13.4 Å². The highest BCUT2D eigenvalue weighted by molar-refractivity contribution is 7.92. The van der Waals surface area contributed by atoms with Gasteiger partial charge >= 0.3 is 0 Å². The van der Waals surface area contributed by atoms with E-state index in [1.54, 1.807) is 6.92 Å². The zero-order chi connectivity index (χ0) is 14.8. The third-order valence-electron chi connectivity index (χ3n) is 2.67. The number of anilines is 2. The van der Waals surface area contributed by atoms with Crippen molar-refractivity contribution in [3.63, 3.8) is 0 Å².